The number of hydrogen-bond donors (Lipinski definition) is 1. The molecule has 0 unspecified atom stereocenters. The summed E-state index contributed by atoms with van der Waals surface area (Å²) in [5.74, 6) is 0.513. The van der Waals surface area contributed by atoms with Gasteiger partial charge < -0.3 is 10.2 Å². The maximum atomic E-state index is 12.7. The van der Waals surface area contributed by atoms with Gasteiger partial charge in [0.2, 0.25) is 0 Å². The standard InChI is InChI=1S/C23H22N4O/c1-17(2)27(16-18-7-4-3-5-8-18)22-14-20(11-12-25-22)23(28)26-21-10-6-9-19(13-21)15-24/h3-14,17H,16H2,1-2H3,(H,26,28). The molecule has 3 rings (SSSR count). The molecule has 5 nitrogen and oxygen atoms in total. The molecule has 0 saturated heterocycles. The van der Waals surface area contributed by atoms with Crippen molar-refractivity contribution in [2.45, 2.75) is 26.4 Å². The highest BCUT2D eigenvalue weighted by molar-refractivity contribution is 6.04. The van der Waals surface area contributed by atoms with Crippen LogP contribution in [-0.4, -0.2) is 16.9 Å². The lowest BCUT2D eigenvalue weighted by molar-refractivity contribution is 0.102. The maximum absolute atomic E-state index is 12.7. The van der Waals surface area contributed by atoms with Gasteiger partial charge in [0, 0.05) is 30.0 Å². The van der Waals surface area contributed by atoms with Crippen LogP contribution in [0.5, 0.6) is 0 Å². The fourth-order valence-electron chi connectivity index (χ4n) is 2.89. The van der Waals surface area contributed by atoms with Gasteiger partial charge in [-0.25, -0.2) is 4.98 Å². The van der Waals surface area contributed by atoms with E-state index in [0.29, 0.717) is 23.4 Å². The van der Waals surface area contributed by atoms with Gasteiger partial charge in [-0.15, -0.1) is 0 Å². The second kappa shape index (κ2) is 8.83. The highest BCUT2D eigenvalue weighted by Gasteiger charge is 2.15. The summed E-state index contributed by atoms with van der Waals surface area (Å²) in [6.07, 6.45) is 1.65. The Hall–Kier alpha value is -3.65. The van der Waals surface area contributed by atoms with E-state index in [-0.39, 0.29) is 11.9 Å². The lowest BCUT2D eigenvalue weighted by atomic mass is 10.1. The maximum Gasteiger partial charge on any atom is 0.255 e. The fraction of sp³-hybridized carbons (Fsp3) is 0.174. The number of amides is 1. The number of hydrogen-bond acceptors (Lipinski definition) is 4. The number of benzene rings is 2. The molecule has 0 spiro atoms. The molecular weight excluding hydrogens is 348 g/mol. The van der Waals surface area contributed by atoms with E-state index in [1.54, 1.807) is 42.6 Å². The van der Waals surface area contributed by atoms with E-state index in [1.807, 2.05) is 18.2 Å². The number of anilines is 2. The van der Waals surface area contributed by atoms with E-state index in [1.165, 1.54) is 5.56 Å². The van der Waals surface area contributed by atoms with Crippen LogP contribution in [0.4, 0.5) is 11.5 Å². The molecule has 2 aromatic carbocycles. The molecule has 3 aromatic rings. The molecule has 5 heteroatoms. The van der Waals surface area contributed by atoms with Crippen LogP contribution < -0.4 is 10.2 Å². The first-order chi connectivity index (χ1) is 13.6. The minimum Gasteiger partial charge on any atom is -0.350 e. The molecule has 0 aliphatic rings. The number of carbonyl (C=O) groups excluding carboxylic acids is 1. The first-order valence-corrected chi connectivity index (χ1v) is 9.15. The fourth-order valence-corrected chi connectivity index (χ4v) is 2.89. The third kappa shape index (κ3) is 4.74. The van der Waals surface area contributed by atoms with Crippen LogP contribution in [0.2, 0.25) is 0 Å². The normalized spacial score (nSPS) is 10.4. The van der Waals surface area contributed by atoms with Crippen molar-refractivity contribution < 1.29 is 4.79 Å². The van der Waals surface area contributed by atoms with Gasteiger partial charge in [0.25, 0.3) is 5.91 Å². The number of carbonyl (C=O) groups is 1. The molecule has 0 radical (unpaired) electrons. The lowest BCUT2D eigenvalue weighted by Gasteiger charge is -2.28. The lowest BCUT2D eigenvalue weighted by Crippen LogP contribution is -2.31. The van der Waals surface area contributed by atoms with Crippen molar-refractivity contribution in [1.82, 2.24) is 4.98 Å². The van der Waals surface area contributed by atoms with Crippen LogP contribution in [0.1, 0.15) is 35.3 Å². The van der Waals surface area contributed by atoms with Crippen molar-refractivity contribution in [3.63, 3.8) is 0 Å². The van der Waals surface area contributed by atoms with Crippen molar-refractivity contribution >= 4 is 17.4 Å². The Morgan fingerprint density at radius 3 is 2.61 bits per heavy atom. The molecule has 1 heterocycles. The highest BCUT2D eigenvalue weighted by Crippen LogP contribution is 2.20. The number of aromatic nitrogens is 1. The first kappa shape index (κ1) is 19.1. The molecule has 28 heavy (non-hydrogen) atoms. The minimum absolute atomic E-state index is 0.221. The number of rotatable bonds is 6. The summed E-state index contributed by atoms with van der Waals surface area (Å²) in [4.78, 5) is 19.3. The van der Waals surface area contributed by atoms with E-state index in [4.69, 9.17) is 5.26 Å². The van der Waals surface area contributed by atoms with Gasteiger partial charge >= 0.3 is 0 Å². The van der Waals surface area contributed by atoms with Gasteiger partial charge in [0.15, 0.2) is 0 Å². The molecule has 1 amide bonds. The average Bonchev–Trinajstić information content (AvgIpc) is 2.72. The molecule has 0 saturated carbocycles. The predicted molar refractivity (Wildman–Crippen MR) is 111 cm³/mol. The molecule has 0 bridgehead atoms. The SMILES string of the molecule is CC(C)N(Cc1ccccc1)c1cc(C(=O)Nc2cccc(C#N)c2)ccn1. The summed E-state index contributed by atoms with van der Waals surface area (Å²) in [6, 6.07) is 22.8. The third-order valence-corrected chi connectivity index (χ3v) is 4.37. The Morgan fingerprint density at radius 2 is 1.89 bits per heavy atom. The van der Waals surface area contributed by atoms with E-state index in [2.05, 4.69) is 47.3 Å². The van der Waals surface area contributed by atoms with Crippen molar-refractivity contribution in [1.29, 1.82) is 5.26 Å². The molecule has 0 fully saturated rings. The minimum atomic E-state index is -0.234. The van der Waals surface area contributed by atoms with Gasteiger partial charge in [-0.05, 0) is 49.7 Å². The van der Waals surface area contributed by atoms with Gasteiger partial charge in [-0.2, -0.15) is 5.26 Å². The van der Waals surface area contributed by atoms with Crippen LogP contribution in [0, 0.1) is 11.3 Å². The molecule has 0 aliphatic carbocycles. The number of pyridine rings is 1. The zero-order chi connectivity index (χ0) is 19.9. The van der Waals surface area contributed by atoms with Crippen LogP contribution in [0.25, 0.3) is 0 Å². The summed E-state index contributed by atoms with van der Waals surface area (Å²) < 4.78 is 0. The highest BCUT2D eigenvalue weighted by atomic mass is 16.1. The Bertz CT molecular complexity index is 993. The average molecular weight is 370 g/mol. The summed E-state index contributed by atoms with van der Waals surface area (Å²) >= 11 is 0. The molecule has 1 N–H and O–H groups in total. The summed E-state index contributed by atoms with van der Waals surface area (Å²) in [5.41, 5.74) is 2.79. The van der Waals surface area contributed by atoms with Crippen molar-refractivity contribution in [3.8, 4) is 6.07 Å². The molecule has 140 valence electrons. The summed E-state index contributed by atoms with van der Waals surface area (Å²) in [5, 5.41) is 11.8. The van der Waals surface area contributed by atoms with Gasteiger partial charge in [-0.1, -0.05) is 36.4 Å². The van der Waals surface area contributed by atoms with Crippen molar-refractivity contribution in [2.75, 3.05) is 10.2 Å². The number of nitrogens with one attached hydrogen (secondary N) is 1. The van der Waals surface area contributed by atoms with Crippen molar-refractivity contribution in [3.05, 3.63) is 89.6 Å². The molecule has 0 atom stereocenters. The van der Waals surface area contributed by atoms with E-state index >= 15 is 0 Å². The Labute approximate surface area is 165 Å². The number of nitriles is 1. The van der Waals surface area contributed by atoms with Crippen LogP contribution in [-0.2, 0) is 6.54 Å². The van der Waals surface area contributed by atoms with Gasteiger partial charge in [0.05, 0.1) is 11.6 Å². The Morgan fingerprint density at radius 1 is 1.11 bits per heavy atom. The Kier molecular flexibility index (Phi) is 6.03. The molecular formula is C23H22N4O. The largest absolute Gasteiger partial charge is 0.350 e. The topological polar surface area (TPSA) is 69.0 Å². The summed E-state index contributed by atoms with van der Waals surface area (Å²) in [7, 11) is 0. The van der Waals surface area contributed by atoms with Crippen molar-refractivity contribution in [2.24, 2.45) is 0 Å². The van der Waals surface area contributed by atoms with E-state index in [0.717, 1.165) is 5.82 Å². The van der Waals surface area contributed by atoms with Gasteiger partial charge in [0.1, 0.15) is 5.82 Å². The number of nitrogens with zero attached hydrogens (tertiary/aromatic N) is 3. The molecule has 0 aliphatic heterocycles. The monoisotopic (exact) mass is 370 g/mol. The first-order valence-electron chi connectivity index (χ1n) is 9.15. The second-order valence-corrected chi connectivity index (χ2v) is 6.76. The summed E-state index contributed by atoms with van der Waals surface area (Å²) in [6.45, 7) is 4.91. The predicted octanol–water partition coefficient (Wildman–Crippen LogP) is 4.62. The van der Waals surface area contributed by atoms with Crippen LogP contribution >= 0.6 is 0 Å². The zero-order valence-electron chi connectivity index (χ0n) is 16.0. The van der Waals surface area contributed by atoms with Crippen LogP contribution in [0.3, 0.4) is 0 Å². The van der Waals surface area contributed by atoms with E-state index in [9.17, 15) is 4.79 Å². The third-order valence-electron chi connectivity index (χ3n) is 4.37. The van der Waals surface area contributed by atoms with E-state index < -0.39 is 0 Å². The quantitative estimate of drug-likeness (QED) is 0.687. The zero-order valence-corrected chi connectivity index (χ0v) is 16.0. The van der Waals surface area contributed by atoms with Crippen LogP contribution in [0.15, 0.2) is 72.9 Å². The van der Waals surface area contributed by atoms with Gasteiger partial charge in [-0.3, -0.25) is 4.79 Å². The molecule has 1 aromatic heterocycles. The second-order valence-electron chi connectivity index (χ2n) is 6.76. The Balaban J connectivity index is 1.81. The smallest absolute Gasteiger partial charge is 0.255 e.